The summed E-state index contributed by atoms with van der Waals surface area (Å²) < 4.78 is 1.06. The van der Waals surface area contributed by atoms with Crippen molar-refractivity contribution in [2.24, 2.45) is 0 Å². The van der Waals surface area contributed by atoms with E-state index in [1.54, 1.807) is 0 Å². The van der Waals surface area contributed by atoms with Crippen molar-refractivity contribution < 1.29 is 0 Å². The number of hydrogen-bond acceptors (Lipinski definition) is 2. The summed E-state index contributed by atoms with van der Waals surface area (Å²) in [5.41, 5.74) is 3.08. The lowest BCUT2D eigenvalue weighted by Gasteiger charge is -2.23. The van der Waals surface area contributed by atoms with Gasteiger partial charge in [-0.05, 0) is 65.4 Å². The highest BCUT2D eigenvalue weighted by Gasteiger charge is 2.36. The first-order valence-electron chi connectivity index (χ1n) is 5.82. The normalized spacial score (nSPS) is 28.7. The minimum atomic E-state index is 0.373. The van der Waals surface area contributed by atoms with Crippen molar-refractivity contribution >= 4 is 21.5 Å². The van der Waals surface area contributed by atoms with E-state index < -0.39 is 0 Å². The molecule has 0 radical (unpaired) electrons. The topological polar surface area (TPSA) is 24.9 Å². The Morgan fingerprint density at radius 1 is 1.38 bits per heavy atom. The highest BCUT2D eigenvalue weighted by Crippen LogP contribution is 2.40. The van der Waals surface area contributed by atoms with Gasteiger partial charge in [0.25, 0.3) is 0 Å². The Morgan fingerprint density at radius 3 is 3.06 bits per heavy atom. The summed E-state index contributed by atoms with van der Waals surface area (Å²) in [6, 6.07) is 2.16. The molecule has 1 N–H and O–H groups in total. The second-order valence-electron chi connectivity index (χ2n) is 4.81. The fourth-order valence-electron chi connectivity index (χ4n) is 2.83. The van der Waals surface area contributed by atoms with Gasteiger partial charge in [0.15, 0.2) is 0 Å². The zero-order valence-electron chi connectivity index (χ0n) is 9.17. The van der Waals surface area contributed by atoms with Crippen molar-refractivity contribution in [2.75, 3.05) is 6.54 Å². The van der Waals surface area contributed by atoms with Crippen LogP contribution in [0.2, 0.25) is 0 Å². The smallest absolute Gasteiger partial charge is 0.0410 e. The van der Waals surface area contributed by atoms with Crippen LogP contribution in [0, 0.1) is 0 Å². The predicted octanol–water partition coefficient (Wildman–Crippen LogP) is 3.14. The molecule has 1 aliphatic heterocycles. The molecule has 2 heterocycles. The third-order valence-electron chi connectivity index (χ3n) is 3.68. The van der Waals surface area contributed by atoms with Gasteiger partial charge in [-0.1, -0.05) is 6.08 Å². The molecule has 3 rings (SSSR count). The summed E-state index contributed by atoms with van der Waals surface area (Å²) in [6.07, 6.45) is 11.1. The van der Waals surface area contributed by atoms with E-state index in [9.17, 15) is 0 Å². The first-order chi connectivity index (χ1) is 7.77. The number of nitrogens with one attached hydrogen (secondary N) is 1. The summed E-state index contributed by atoms with van der Waals surface area (Å²) in [4.78, 5) is 4.24. The Bertz CT molecular complexity index is 433. The first kappa shape index (κ1) is 10.5. The van der Waals surface area contributed by atoms with Crippen molar-refractivity contribution in [3.05, 3.63) is 34.6 Å². The Labute approximate surface area is 104 Å². The maximum absolute atomic E-state index is 4.24. The summed E-state index contributed by atoms with van der Waals surface area (Å²) in [6.45, 7) is 1.18. The van der Waals surface area contributed by atoms with Gasteiger partial charge in [-0.15, -0.1) is 0 Å². The summed E-state index contributed by atoms with van der Waals surface area (Å²) in [5, 5.41) is 3.66. The van der Waals surface area contributed by atoms with E-state index in [1.807, 2.05) is 12.4 Å². The van der Waals surface area contributed by atoms with Crippen molar-refractivity contribution in [1.29, 1.82) is 0 Å². The molecule has 1 aliphatic carbocycles. The molecular formula is C13H15BrN2. The van der Waals surface area contributed by atoms with Gasteiger partial charge in [-0.25, -0.2) is 0 Å². The highest BCUT2D eigenvalue weighted by molar-refractivity contribution is 9.10. The Balaban J connectivity index is 1.83. The molecule has 2 nitrogen and oxygen atoms in total. The van der Waals surface area contributed by atoms with Crippen molar-refractivity contribution in [3.63, 3.8) is 0 Å². The summed E-state index contributed by atoms with van der Waals surface area (Å²) >= 11 is 3.48. The molecular weight excluding hydrogens is 264 g/mol. The van der Waals surface area contributed by atoms with Crippen LogP contribution in [0.5, 0.6) is 0 Å². The van der Waals surface area contributed by atoms with Crippen LogP contribution < -0.4 is 5.32 Å². The predicted molar refractivity (Wildman–Crippen MR) is 69.1 cm³/mol. The lowest BCUT2D eigenvalue weighted by atomic mass is 9.92. The molecule has 1 saturated heterocycles. The van der Waals surface area contributed by atoms with Gasteiger partial charge in [-0.3, -0.25) is 4.98 Å². The van der Waals surface area contributed by atoms with Crippen LogP contribution in [0.1, 0.15) is 31.2 Å². The Hall–Kier alpha value is -0.670. The molecule has 3 heteroatoms. The SMILES string of the molecule is Brc1cncc(C2=CCC3(CCCN3)C2)c1. The summed E-state index contributed by atoms with van der Waals surface area (Å²) in [7, 11) is 0. The van der Waals surface area contributed by atoms with E-state index in [4.69, 9.17) is 0 Å². The number of halogens is 1. The average Bonchev–Trinajstić information content (AvgIpc) is 2.90. The number of aromatic nitrogens is 1. The van der Waals surface area contributed by atoms with Crippen LogP contribution in [-0.2, 0) is 0 Å². The van der Waals surface area contributed by atoms with E-state index in [0.29, 0.717) is 5.54 Å². The van der Waals surface area contributed by atoms with Gasteiger partial charge in [-0.2, -0.15) is 0 Å². The van der Waals surface area contributed by atoms with Crippen LogP contribution in [0.15, 0.2) is 29.0 Å². The minimum Gasteiger partial charge on any atom is -0.311 e. The van der Waals surface area contributed by atoms with E-state index >= 15 is 0 Å². The quantitative estimate of drug-likeness (QED) is 0.854. The van der Waals surface area contributed by atoms with Crippen molar-refractivity contribution in [3.8, 4) is 0 Å². The van der Waals surface area contributed by atoms with Crippen molar-refractivity contribution in [2.45, 2.75) is 31.2 Å². The van der Waals surface area contributed by atoms with Gasteiger partial charge in [0, 0.05) is 22.4 Å². The largest absolute Gasteiger partial charge is 0.311 e. The van der Waals surface area contributed by atoms with Gasteiger partial charge in [0.2, 0.25) is 0 Å². The minimum absolute atomic E-state index is 0.373. The van der Waals surface area contributed by atoms with Gasteiger partial charge < -0.3 is 5.32 Å². The van der Waals surface area contributed by atoms with E-state index in [2.05, 4.69) is 38.4 Å². The lowest BCUT2D eigenvalue weighted by molar-refractivity contribution is 0.406. The molecule has 1 spiro atoms. The fraction of sp³-hybridized carbons (Fsp3) is 0.462. The van der Waals surface area contributed by atoms with Crippen LogP contribution >= 0.6 is 15.9 Å². The molecule has 84 valence electrons. The Morgan fingerprint density at radius 2 is 2.31 bits per heavy atom. The third kappa shape index (κ3) is 1.82. The molecule has 1 aromatic heterocycles. The molecule has 16 heavy (non-hydrogen) atoms. The number of nitrogens with zero attached hydrogens (tertiary/aromatic N) is 1. The molecule has 0 saturated carbocycles. The van der Waals surface area contributed by atoms with Gasteiger partial charge in [0.05, 0.1) is 0 Å². The van der Waals surface area contributed by atoms with E-state index in [-0.39, 0.29) is 0 Å². The molecule has 2 aliphatic rings. The maximum atomic E-state index is 4.24. The zero-order valence-corrected chi connectivity index (χ0v) is 10.8. The molecule has 0 bridgehead atoms. The standard InChI is InChI=1S/C13H15BrN2/c14-12-6-11(8-15-9-12)10-2-4-13(7-10)3-1-5-16-13/h2,6,8-9,16H,1,3-5,7H2. The molecule has 0 aromatic carbocycles. The molecule has 1 atom stereocenters. The summed E-state index contributed by atoms with van der Waals surface area (Å²) in [5.74, 6) is 0. The number of rotatable bonds is 1. The van der Waals surface area contributed by atoms with E-state index in [1.165, 1.54) is 36.9 Å². The fourth-order valence-corrected chi connectivity index (χ4v) is 3.19. The van der Waals surface area contributed by atoms with E-state index in [0.717, 1.165) is 10.9 Å². The zero-order chi connectivity index (χ0) is 11.0. The Kier molecular flexibility index (Phi) is 2.60. The second kappa shape index (κ2) is 3.97. The van der Waals surface area contributed by atoms with Crippen LogP contribution in [0.25, 0.3) is 5.57 Å². The molecule has 1 fully saturated rings. The average molecular weight is 279 g/mol. The first-order valence-corrected chi connectivity index (χ1v) is 6.62. The van der Waals surface area contributed by atoms with Gasteiger partial charge in [0.1, 0.15) is 0 Å². The highest BCUT2D eigenvalue weighted by atomic mass is 79.9. The van der Waals surface area contributed by atoms with Crippen LogP contribution in [0.4, 0.5) is 0 Å². The van der Waals surface area contributed by atoms with Crippen LogP contribution in [-0.4, -0.2) is 17.1 Å². The number of pyridine rings is 1. The lowest BCUT2D eigenvalue weighted by Crippen LogP contribution is -2.36. The third-order valence-corrected chi connectivity index (χ3v) is 4.11. The number of hydrogen-bond donors (Lipinski definition) is 1. The molecule has 1 unspecified atom stereocenters. The monoisotopic (exact) mass is 278 g/mol. The van der Waals surface area contributed by atoms with Crippen molar-refractivity contribution in [1.82, 2.24) is 10.3 Å². The van der Waals surface area contributed by atoms with Gasteiger partial charge >= 0.3 is 0 Å². The second-order valence-corrected chi connectivity index (χ2v) is 5.73. The molecule has 0 amide bonds. The maximum Gasteiger partial charge on any atom is 0.0410 e. The van der Waals surface area contributed by atoms with Crippen LogP contribution in [0.3, 0.4) is 0 Å². The molecule has 1 aromatic rings.